The maximum Gasteiger partial charge on any atom is 0.310 e. The summed E-state index contributed by atoms with van der Waals surface area (Å²) in [5.74, 6) is -0.434. The number of carbonyl (C=O) groups is 2. The average Bonchev–Trinajstić information content (AvgIpc) is 3.24. The molecule has 1 atom stereocenters. The van der Waals surface area contributed by atoms with Gasteiger partial charge in [-0.15, -0.1) is 0 Å². The second-order valence-corrected chi connectivity index (χ2v) is 15.1. The Morgan fingerprint density at radius 1 is 1.13 bits per heavy atom. The van der Waals surface area contributed by atoms with Crippen LogP contribution in [0.15, 0.2) is 69.6 Å². The zero-order valence-electron chi connectivity index (χ0n) is 28.3. The first-order chi connectivity index (χ1) is 22.2. The summed E-state index contributed by atoms with van der Waals surface area (Å²) in [6, 6.07) is 1.70. The van der Waals surface area contributed by atoms with Crippen molar-refractivity contribution in [3.05, 3.63) is 91.6 Å². The van der Waals surface area contributed by atoms with Crippen molar-refractivity contribution in [2.75, 3.05) is 6.61 Å². The fourth-order valence-electron chi connectivity index (χ4n) is 6.65. The molecule has 0 saturated heterocycles. The van der Waals surface area contributed by atoms with Gasteiger partial charge < -0.3 is 14.8 Å². The number of ketones is 1. The van der Waals surface area contributed by atoms with Crippen molar-refractivity contribution in [2.45, 2.75) is 122 Å². The van der Waals surface area contributed by atoms with Gasteiger partial charge in [0.05, 0.1) is 39.3 Å². The summed E-state index contributed by atoms with van der Waals surface area (Å²) >= 11 is 9.81. The number of hydrogen-bond acceptors (Lipinski definition) is 5. The Kier molecular flexibility index (Phi) is 12.6. The molecule has 0 radical (unpaired) electrons. The lowest BCUT2D eigenvalue weighted by molar-refractivity contribution is -0.153. The number of ether oxygens (including phenoxy) is 2. The normalized spacial score (nSPS) is 21.0. The van der Waals surface area contributed by atoms with Crippen LogP contribution in [0.1, 0.15) is 115 Å². The van der Waals surface area contributed by atoms with Crippen molar-refractivity contribution in [1.82, 2.24) is 5.32 Å². The molecule has 47 heavy (non-hydrogen) atoms. The largest absolute Gasteiger partial charge is 0.485 e. The molecule has 0 aromatic heterocycles. The van der Waals surface area contributed by atoms with Crippen molar-refractivity contribution in [3.8, 4) is 0 Å². The summed E-state index contributed by atoms with van der Waals surface area (Å²) in [4.78, 5) is 26.8. The number of nitrogens with one attached hydrogen (secondary N) is 1. The van der Waals surface area contributed by atoms with Gasteiger partial charge in [-0.1, -0.05) is 66.6 Å². The Morgan fingerprint density at radius 3 is 2.57 bits per heavy atom. The first kappa shape index (κ1) is 37.0. The van der Waals surface area contributed by atoms with Crippen LogP contribution in [0.5, 0.6) is 0 Å². The van der Waals surface area contributed by atoms with Crippen molar-refractivity contribution in [3.63, 3.8) is 0 Å². The predicted molar refractivity (Wildman–Crippen MR) is 191 cm³/mol. The first-order valence-corrected chi connectivity index (χ1v) is 17.9. The van der Waals surface area contributed by atoms with Gasteiger partial charge in [0.25, 0.3) is 0 Å². The van der Waals surface area contributed by atoms with Crippen LogP contribution >= 0.6 is 27.5 Å². The maximum atomic E-state index is 15.6. The zero-order chi connectivity index (χ0) is 34.4. The van der Waals surface area contributed by atoms with E-state index in [0.29, 0.717) is 66.0 Å². The van der Waals surface area contributed by atoms with Gasteiger partial charge in [0.2, 0.25) is 0 Å². The lowest BCUT2D eigenvalue weighted by Crippen LogP contribution is -2.50. The molecule has 0 fully saturated rings. The number of rotatable bonds is 8. The van der Waals surface area contributed by atoms with Crippen molar-refractivity contribution >= 4 is 45.0 Å². The van der Waals surface area contributed by atoms with E-state index in [4.69, 9.17) is 21.1 Å². The molecule has 1 spiro atoms. The van der Waals surface area contributed by atoms with Gasteiger partial charge in [0.1, 0.15) is 11.4 Å². The molecular weight excluding hydrogens is 681 g/mol. The molecule has 8 heteroatoms. The summed E-state index contributed by atoms with van der Waals surface area (Å²) in [7, 11) is 0. The zero-order valence-corrected chi connectivity index (χ0v) is 30.7. The number of hydrogen-bond donors (Lipinski definition) is 1. The molecule has 0 amide bonds. The maximum absolute atomic E-state index is 15.6. The fraction of sp³-hybridized carbons (Fsp3) is 0.513. The predicted octanol–water partition coefficient (Wildman–Crippen LogP) is 10.7. The van der Waals surface area contributed by atoms with Crippen molar-refractivity contribution < 1.29 is 23.5 Å². The van der Waals surface area contributed by atoms with Gasteiger partial charge >= 0.3 is 5.97 Å². The number of esters is 1. The average molecular weight is 729 g/mol. The van der Waals surface area contributed by atoms with E-state index in [1.165, 1.54) is 31.3 Å². The van der Waals surface area contributed by atoms with Crippen molar-refractivity contribution in [2.24, 2.45) is 0 Å². The van der Waals surface area contributed by atoms with Gasteiger partial charge in [-0.2, -0.15) is 0 Å². The van der Waals surface area contributed by atoms with Crippen LogP contribution in [-0.4, -0.2) is 29.5 Å². The molecule has 3 aliphatic rings. The molecule has 5 nitrogen and oxygen atoms in total. The number of Topliss-reactive ketones (excluding diaryl/α,β-unsaturated/α-hetero) is 1. The highest BCUT2D eigenvalue weighted by Gasteiger charge is 2.43. The number of carbonyl (C=O) groups excluding carboxylic acids is 2. The Hall–Kier alpha value is -2.86. The van der Waals surface area contributed by atoms with Gasteiger partial charge in [-0.05, 0) is 112 Å². The summed E-state index contributed by atoms with van der Waals surface area (Å²) in [5.41, 5.74) is 6.18. The first-order valence-electron chi connectivity index (χ1n) is 16.7. The Bertz CT molecular complexity index is 1560. The van der Waals surface area contributed by atoms with E-state index in [9.17, 15) is 9.59 Å². The van der Waals surface area contributed by atoms with Crippen LogP contribution in [0, 0.1) is 12.7 Å². The third-order valence-electron chi connectivity index (χ3n) is 9.16. The smallest absolute Gasteiger partial charge is 0.310 e. The second kappa shape index (κ2) is 16.0. The monoisotopic (exact) mass is 727 g/mol. The second-order valence-electron chi connectivity index (χ2n) is 13.9. The van der Waals surface area contributed by atoms with E-state index >= 15 is 4.39 Å². The third-order valence-corrected chi connectivity index (χ3v) is 10.5. The fourth-order valence-corrected chi connectivity index (χ4v) is 7.26. The minimum absolute atomic E-state index is 0.0219. The van der Waals surface area contributed by atoms with Crippen LogP contribution in [0.4, 0.5) is 4.39 Å². The van der Waals surface area contributed by atoms with Gasteiger partial charge in [0, 0.05) is 18.4 Å². The quantitative estimate of drug-likeness (QED) is 0.0949. The lowest BCUT2D eigenvalue weighted by atomic mass is 9.82. The molecular formula is C39H48BrClFNO4. The summed E-state index contributed by atoms with van der Waals surface area (Å²) in [6.07, 6.45) is 14.5. The molecule has 4 rings (SSSR count). The minimum atomic E-state index is -0.995. The standard InChI is InChI=1S/C39H48BrClFNO4/c1-7-31(46-21-18-27-14-11-9-8-10-12-15-27)34-25(2)22-32(44)39(43-37(34)29-24-30(41)35(40)36(42)26(29)3)19-13-16-28(17-20-39)23-33(45)47-38(4,5)6/h14,16,24,43H,1-2,8-13,15,17-23H2,3-6H3. The molecule has 0 bridgehead atoms. The van der Waals surface area contributed by atoms with Crippen LogP contribution in [0.25, 0.3) is 5.70 Å². The molecule has 1 unspecified atom stereocenters. The SMILES string of the molecule is C=C=C(OCCC1=CCCCCCC1)C1=C(c2cc(Cl)c(Br)c(F)c2C)NC2(CCC=C(CC(=O)OC(C)(C)C)CC2)C(=O)CC1=C. The summed E-state index contributed by atoms with van der Waals surface area (Å²) in [6.45, 7) is 15.9. The van der Waals surface area contributed by atoms with E-state index < -0.39 is 17.0 Å². The van der Waals surface area contributed by atoms with Gasteiger partial charge in [-0.3, -0.25) is 9.59 Å². The van der Waals surface area contributed by atoms with Gasteiger partial charge in [-0.25, -0.2) is 4.39 Å². The number of allylic oxidation sites excluding steroid dienone is 3. The van der Waals surface area contributed by atoms with E-state index in [-0.39, 0.29) is 34.1 Å². The highest BCUT2D eigenvalue weighted by atomic mass is 79.9. The Morgan fingerprint density at radius 2 is 1.85 bits per heavy atom. The highest BCUT2D eigenvalue weighted by Crippen LogP contribution is 2.43. The van der Waals surface area contributed by atoms with E-state index in [1.807, 2.05) is 26.8 Å². The molecule has 1 N–H and O–H groups in total. The molecule has 1 aromatic carbocycles. The highest BCUT2D eigenvalue weighted by molar-refractivity contribution is 9.10. The van der Waals surface area contributed by atoms with Crippen molar-refractivity contribution in [1.29, 1.82) is 0 Å². The van der Waals surface area contributed by atoms with E-state index in [0.717, 1.165) is 24.8 Å². The third kappa shape index (κ3) is 9.40. The van der Waals surface area contributed by atoms with Crippen LogP contribution in [0.2, 0.25) is 5.02 Å². The van der Waals surface area contributed by atoms with Gasteiger partial charge in [0.15, 0.2) is 11.5 Å². The van der Waals surface area contributed by atoms with E-state index in [2.05, 4.69) is 46.2 Å². The molecule has 1 heterocycles. The van der Waals surface area contributed by atoms with E-state index in [1.54, 1.807) is 13.0 Å². The lowest BCUT2D eigenvalue weighted by Gasteiger charge is -2.34. The Labute approximate surface area is 293 Å². The molecule has 2 aliphatic carbocycles. The molecule has 0 saturated carbocycles. The Balaban J connectivity index is 1.71. The summed E-state index contributed by atoms with van der Waals surface area (Å²) in [5, 5.41) is 3.82. The molecule has 254 valence electrons. The number of halogens is 3. The molecule has 1 aliphatic heterocycles. The summed E-state index contributed by atoms with van der Waals surface area (Å²) < 4.78 is 27.7. The molecule has 1 aromatic rings. The minimum Gasteiger partial charge on any atom is -0.485 e. The van der Waals surface area contributed by atoms with Crippen LogP contribution in [0.3, 0.4) is 0 Å². The number of benzene rings is 1. The topological polar surface area (TPSA) is 64.6 Å². The van der Waals surface area contributed by atoms with Crippen LogP contribution < -0.4 is 5.32 Å². The van der Waals surface area contributed by atoms with Crippen LogP contribution in [-0.2, 0) is 19.1 Å².